The Morgan fingerprint density at radius 1 is 1.08 bits per heavy atom. The van der Waals surface area contributed by atoms with Gasteiger partial charge in [-0.3, -0.25) is 9.59 Å². The highest BCUT2D eigenvalue weighted by atomic mass is 16.5. The third-order valence-electron chi connectivity index (χ3n) is 6.27. The van der Waals surface area contributed by atoms with E-state index in [9.17, 15) is 9.59 Å². The molecule has 3 unspecified atom stereocenters. The van der Waals surface area contributed by atoms with Crippen LogP contribution in [0.25, 0.3) is 0 Å². The fraction of sp³-hybridized carbons (Fsp3) is 0.619. The van der Waals surface area contributed by atoms with E-state index in [2.05, 4.69) is 17.0 Å². The highest BCUT2D eigenvalue weighted by Gasteiger charge is 2.45. The molecule has 1 aliphatic heterocycles. The summed E-state index contributed by atoms with van der Waals surface area (Å²) in [5.41, 5.74) is 1.26. The molecule has 1 heterocycles. The minimum absolute atomic E-state index is 0.0339. The van der Waals surface area contributed by atoms with Crippen LogP contribution < -0.4 is 0 Å². The first-order chi connectivity index (χ1) is 12.2. The molecule has 4 rings (SSSR count). The Labute approximate surface area is 149 Å². The smallest absolute Gasteiger partial charge is 0.226 e. The van der Waals surface area contributed by atoms with Crippen LogP contribution in [0, 0.1) is 17.8 Å². The molecule has 25 heavy (non-hydrogen) atoms. The second kappa shape index (κ2) is 7.28. The van der Waals surface area contributed by atoms with Crippen molar-refractivity contribution in [3.05, 3.63) is 35.9 Å². The van der Waals surface area contributed by atoms with Crippen molar-refractivity contribution in [1.82, 2.24) is 4.90 Å². The maximum absolute atomic E-state index is 13.3. The predicted octanol–water partition coefficient (Wildman–Crippen LogP) is 2.85. The summed E-state index contributed by atoms with van der Waals surface area (Å²) < 4.78 is 5.55. The Bertz CT molecular complexity index is 607. The van der Waals surface area contributed by atoms with E-state index in [-0.39, 0.29) is 29.7 Å². The SMILES string of the molecule is O=C1C2CCC1CC(C(=O)N(CCc1ccccc1)C1CCOC1)C2. The molecule has 2 aliphatic carbocycles. The molecule has 1 amide bonds. The summed E-state index contributed by atoms with van der Waals surface area (Å²) in [7, 11) is 0. The minimum Gasteiger partial charge on any atom is -0.379 e. The van der Waals surface area contributed by atoms with Crippen molar-refractivity contribution in [3.63, 3.8) is 0 Å². The van der Waals surface area contributed by atoms with Gasteiger partial charge >= 0.3 is 0 Å². The number of ketones is 1. The second-order valence-corrected chi connectivity index (χ2v) is 7.83. The highest BCUT2D eigenvalue weighted by molar-refractivity contribution is 5.89. The largest absolute Gasteiger partial charge is 0.379 e. The molecule has 4 nitrogen and oxygen atoms in total. The molecule has 2 bridgehead atoms. The third kappa shape index (κ3) is 3.50. The summed E-state index contributed by atoms with van der Waals surface area (Å²) >= 11 is 0. The average molecular weight is 341 g/mol. The van der Waals surface area contributed by atoms with Crippen molar-refractivity contribution in [1.29, 1.82) is 0 Å². The topological polar surface area (TPSA) is 46.6 Å². The summed E-state index contributed by atoms with van der Waals surface area (Å²) in [5.74, 6) is 0.999. The van der Waals surface area contributed by atoms with E-state index in [1.807, 2.05) is 18.2 Å². The molecule has 0 spiro atoms. The molecule has 3 aliphatic rings. The standard InChI is InChI=1S/C21H27NO3/c23-20-16-6-7-17(20)13-18(12-16)21(24)22(19-9-11-25-14-19)10-8-15-4-2-1-3-5-15/h1-5,16-19H,6-14H2. The summed E-state index contributed by atoms with van der Waals surface area (Å²) in [6.07, 6.45) is 5.32. The fourth-order valence-corrected chi connectivity index (χ4v) is 4.84. The van der Waals surface area contributed by atoms with E-state index in [4.69, 9.17) is 4.74 Å². The Kier molecular flexibility index (Phi) is 4.89. The van der Waals surface area contributed by atoms with Gasteiger partial charge in [0.1, 0.15) is 5.78 Å². The quantitative estimate of drug-likeness (QED) is 0.827. The number of fused-ring (bicyclic) bond motifs is 2. The third-order valence-corrected chi connectivity index (χ3v) is 6.27. The molecule has 0 N–H and O–H groups in total. The Hall–Kier alpha value is -1.68. The molecule has 134 valence electrons. The first-order valence-electron chi connectivity index (χ1n) is 9.68. The molecular weight excluding hydrogens is 314 g/mol. The van der Waals surface area contributed by atoms with Crippen molar-refractivity contribution < 1.29 is 14.3 Å². The van der Waals surface area contributed by atoms with Gasteiger partial charge in [-0.25, -0.2) is 0 Å². The number of nitrogens with zero attached hydrogens (tertiary/aromatic N) is 1. The van der Waals surface area contributed by atoms with E-state index in [1.54, 1.807) is 0 Å². The van der Waals surface area contributed by atoms with Crippen LogP contribution >= 0.6 is 0 Å². The van der Waals surface area contributed by atoms with Crippen LogP contribution in [-0.2, 0) is 20.7 Å². The van der Waals surface area contributed by atoms with E-state index in [0.717, 1.165) is 51.7 Å². The van der Waals surface area contributed by atoms with Crippen LogP contribution in [-0.4, -0.2) is 42.4 Å². The van der Waals surface area contributed by atoms with E-state index in [0.29, 0.717) is 12.4 Å². The van der Waals surface area contributed by atoms with E-state index < -0.39 is 0 Å². The number of ether oxygens (including phenoxy) is 1. The minimum atomic E-state index is 0.0339. The maximum Gasteiger partial charge on any atom is 0.226 e. The molecular formula is C21H27NO3. The summed E-state index contributed by atoms with van der Waals surface area (Å²) in [5, 5.41) is 0. The summed E-state index contributed by atoms with van der Waals surface area (Å²) in [4.78, 5) is 27.5. The lowest BCUT2D eigenvalue weighted by atomic mass is 9.79. The number of Topliss-reactive ketones (excluding diaryl/α,β-unsaturated/α-hetero) is 1. The van der Waals surface area contributed by atoms with E-state index >= 15 is 0 Å². The van der Waals surface area contributed by atoms with E-state index in [1.165, 1.54) is 5.56 Å². The van der Waals surface area contributed by atoms with Gasteiger partial charge in [-0.15, -0.1) is 0 Å². The van der Waals surface area contributed by atoms with Gasteiger partial charge in [0.05, 0.1) is 12.6 Å². The lowest BCUT2D eigenvalue weighted by Crippen LogP contribution is -2.47. The zero-order valence-electron chi connectivity index (χ0n) is 14.7. The molecule has 1 saturated heterocycles. The number of hydrogen-bond acceptors (Lipinski definition) is 3. The van der Waals surface area contributed by atoms with Crippen molar-refractivity contribution in [2.24, 2.45) is 17.8 Å². The van der Waals surface area contributed by atoms with Gasteiger partial charge in [0, 0.05) is 30.9 Å². The lowest BCUT2D eigenvalue weighted by Gasteiger charge is -2.34. The highest BCUT2D eigenvalue weighted by Crippen LogP contribution is 2.42. The predicted molar refractivity (Wildman–Crippen MR) is 95.0 cm³/mol. The molecule has 3 fully saturated rings. The first-order valence-corrected chi connectivity index (χ1v) is 9.68. The molecule has 4 heteroatoms. The van der Waals surface area contributed by atoms with Gasteiger partial charge < -0.3 is 9.64 Å². The zero-order valence-corrected chi connectivity index (χ0v) is 14.7. The Morgan fingerprint density at radius 2 is 1.80 bits per heavy atom. The number of hydrogen-bond donors (Lipinski definition) is 0. The Morgan fingerprint density at radius 3 is 2.44 bits per heavy atom. The number of carbonyl (C=O) groups excluding carboxylic acids is 2. The van der Waals surface area contributed by atoms with Gasteiger partial charge in [0.25, 0.3) is 0 Å². The number of carbonyl (C=O) groups is 2. The number of amides is 1. The maximum atomic E-state index is 13.3. The van der Waals surface area contributed by atoms with Gasteiger partial charge in [-0.1, -0.05) is 30.3 Å². The Balaban J connectivity index is 1.45. The van der Waals surface area contributed by atoms with Crippen molar-refractivity contribution in [3.8, 4) is 0 Å². The van der Waals surface area contributed by atoms with Gasteiger partial charge in [0.15, 0.2) is 0 Å². The van der Waals surface area contributed by atoms with Crippen LogP contribution in [0.4, 0.5) is 0 Å². The lowest BCUT2D eigenvalue weighted by molar-refractivity contribution is -0.141. The van der Waals surface area contributed by atoms with Crippen LogP contribution in [0.2, 0.25) is 0 Å². The van der Waals surface area contributed by atoms with Gasteiger partial charge in [-0.2, -0.15) is 0 Å². The first kappa shape index (κ1) is 16.8. The number of benzene rings is 1. The van der Waals surface area contributed by atoms with Crippen LogP contribution in [0.15, 0.2) is 30.3 Å². The normalized spacial score (nSPS) is 31.3. The molecule has 2 saturated carbocycles. The van der Waals surface area contributed by atoms with Crippen LogP contribution in [0.3, 0.4) is 0 Å². The molecule has 0 radical (unpaired) electrons. The molecule has 1 aromatic carbocycles. The molecule has 0 aromatic heterocycles. The van der Waals surface area contributed by atoms with Crippen molar-refractivity contribution in [2.45, 2.75) is 44.6 Å². The summed E-state index contributed by atoms with van der Waals surface area (Å²) in [6, 6.07) is 10.5. The van der Waals surface area contributed by atoms with Crippen molar-refractivity contribution >= 4 is 11.7 Å². The number of rotatable bonds is 5. The van der Waals surface area contributed by atoms with Gasteiger partial charge in [-0.05, 0) is 44.1 Å². The van der Waals surface area contributed by atoms with Crippen molar-refractivity contribution in [2.75, 3.05) is 19.8 Å². The summed E-state index contributed by atoms with van der Waals surface area (Å²) in [6.45, 7) is 2.14. The van der Waals surface area contributed by atoms with Crippen LogP contribution in [0.1, 0.15) is 37.7 Å². The second-order valence-electron chi connectivity index (χ2n) is 7.83. The zero-order chi connectivity index (χ0) is 17.2. The van der Waals surface area contributed by atoms with Crippen LogP contribution in [0.5, 0.6) is 0 Å². The van der Waals surface area contributed by atoms with Gasteiger partial charge in [0.2, 0.25) is 5.91 Å². The fourth-order valence-electron chi connectivity index (χ4n) is 4.84. The molecule has 1 aromatic rings. The monoisotopic (exact) mass is 341 g/mol. The molecule has 3 atom stereocenters. The average Bonchev–Trinajstić information content (AvgIpc) is 3.21.